The van der Waals surface area contributed by atoms with E-state index >= 15 is 0 Å². The van der Waals surface area contributed by atoms with E-state index in [4.69, 9.17) is 4.74 Å². The summed E-state index contributed by atoms with van der Waals surface area (Å²) in [6.45, 7) is 2.50. The SMILES string of the molecule is CN1CCC(=O)C12CCCOCC2. The quantitative estimate of drug-likeness (QED) is 0.557. The molecule has 0 aliphatic carbocycles. The van der Waals surface area contributed by atoms with Crippen LogP contribution in [-0.2, 0) is 9.53 Å². The third-order valence-electron chi connectivity index (χ3n) is 3.46. The van der Waals surface area contributed by atoms with Gasteiger partial charge in [-0.2, -0.15) is 0 Å². The summed E-state index contributed by atoms with van der Waals surface area (Å²) >= 11 is 0. The maximum absolute atomic E-state index is 11.8. The van der Waals surface area contributed by atoms with Gasteiger partial charge in [0.15, 0.2) is 5.78 Å². The Balaban J connectivity index is 2.19. The highest BCUT2D eigenvalue weighted by Gasteiger charge is 2.45. The first kappa shape index (κ1) is 9.16. The summed E-state index contributed by atoms with van der Waals surface area (Å²) in [6, 6.07) is 0. The van der Waals surface area contributed by atoms with Crippen molar-refractivity contribution in [2.45, 2.75) is 31.2 Å². The lowest BCUT2D eigenvalue weighted by molar-refractivity contribution is -0.125. The van der Waals surface area contributed by atoms with Crippen LogP contribution < -0.4 is 0 Å². The molecule has 0 amide bonds. The van der Waals surface area contributed by atoms with Crippen LogP contribution in [-0.4, -0.2) is 43.0 Å². The van der Waals surface area contributed by atoms with Crippen molar-refractivity contribution >= 4 is 5.78 Å². The molecule has 3 heteroatoms. The first-order valence-corrected chi connectivity index (χ1v) is 5.08. The van der Waals surface area contributed by atoms with Crippen LogP contribution in [0.15, 0.2) is 0 Å². The molecule has 2 fully saturated rings. The number of likely N-dealkylation sites (tertiary alicyclic amines) is 1. The van der Waals surface area contributed by atoms with Gasteiger partial charge in [0.25, 0.3) is 0 Å². The number of carbonyl (C=O) groups is 1. The van der Waals surface area contributed by atoms with Crippen LogP contribution in [0.4, 0.5) is 0 Å². The fraction of sp³-hybridized carbons (Fsp3) is 0.900. The second-order valence-electron chi connectivity index (χ2n) is 4.09. The number of Topliss-reactive ketones (excluding diaryl/α,β-unsaturated/α-hetero) is 1. The minimum atomic E-state index is -0.156. The molecule has 13 heavy (non-hydrogen) atoms. The van der Waals surface area contributed by atoms with Crippen molar-refractivity contribution in [3.05, 3.63) is 0 Å². The average Bonchev–Trinajstić information content (AvgIpc) is 2.38. The molecule has 2 aliphatic rings. The molecule has 0 bridgehead atoms. The van der Waals surface area contributed by atoms with E-state index in [0.29, 0.717) is 5.78 Å². The van der Waals surface area contributed by atoms with Crippen LogP contribution in [0.2, 0.25) is 0 Å². The van der Waals surface area contributed by atoms with Gasteiger partial charge in [-0.15, -0.1) is 0 Å². The van der Waals surface area contributed by atoms with Crippen molar-refractivity contribution in [3.8, 4) is 0 Å². The first-order chi connectivity index (χ1) is 6.26. The highest BCUT2D eigenvalue weighted by atomic mass is 16.5. The first-order valence-electron chi connectivity index (χ1n) is 5.08. The Morgan fingerprint density at radius 1 is 1.38 bits per heavy atom. The number of ether oxygens (including phenoxy) is 1. The zero-order valence-electron chi connectivity index (χ0n) is 8.21. The van der Waals surface area contributed by atoms with Gasteiger partial charge in [0.2, 0.25) is 0 Å². The lowest BCUT2D eigenvalue weighted by Crippen LogP contribution is -2.46. The van der Waals surface area contributed by atoms with Crippen molar-refractivity contribution in [3.63, 3.8) is 0 Å². The number of rotatable bonds is 0. The van der Waals surface area contributed by atoms with Crippen molar-refractivity contribution in [2.75, 3.05) is 26.8 Å². The normalized spacial score (nSPS) is 36.8. The van der Waals surface area contributed by atoms with E-state index in [1.165, 1.54) is 0 Å². The van der Waals surface area contributed by atoms with Crippen LogP contribution in [0, 0.1) is 0 Å². The van der Waals surface area contributed by atoms with E-state index in [2.05, 4.69) is 11.9 Å². The molecule has 0 saturated carbocycles. The number of hydrogen-bond acceptors (Lipinski definition) is 3. The molecule has 0 aromatic carbocycles. The second-order valence-corrected chi connectivity index (χ2v) is 4.09. The predicted octanol–water partition coefficient (Wildman–Crippen LogP) is 0.830. The van der Waals surface area contributed by atoms with Gasteiger partial charge in [-0.1, -0.05) is 0 Å². The molecule has 74 valence electrons. The van der Waals surface area contributed by atoms with Gasteiger partial charge >= 0.3 is 0 Å². The van der Waals surface area contributed by atoms with Crippen molar-refractivity contribution in [1.82, 2.24) is 4.90 Å². The Morgan fingerprint density at radius 2 is 2.23 bits per heavy atom. The number of likely N-dealkylation sites (N-methyl/N-ethyl adjacent to an activating group) is 1. The topological polar surface area (TPSA) is 29.5 Å². The van der Waals surface area contributed by atoms with Gasteiger partial charge in [0, 0.05) is 26.2 Å². The Bertz CT molecular complexity index is 207. The van der Waals surface area contributed by atoms with Gasteiger partial charge in [0.05, 0.1) is 5.54 Å². The summed E-state index contributed by atoms with van der Waals surface area (Å²) < 4.78 is 5.40. The monoisotopic (exact) mass is 183 g/mol. The largest absolute Gasteiger partial charge is 0.381 e. The average molecular weight is 183 g/mol. The summed E-state index contributed by atoms with van der Waals surface area (Å²) in [7, 11) is 2.07. The van der Waals surface area contributed by atoms with E-state index in [1.54, 1.807) is 0 Å². The molecule has 2 rings (SSSR count). The third-order valence-corrected chi connectivity index (χ3v) is 3.46. The number of ketones is 1. The van der Waals surface area contributed by atoms with Crippen molar-refractivity contribution in [1.29, 1.82) is 0 Å². The molecular formula is C10H17NO2. The molecule has 1 atom stereocenters. The van der Waals surface area contributed by atoms with E-state index in [1.807, 2.05) is 0 Å². The van der Waals surface area contributed by atoms with Gasteiger partial charge in [-0.25, -0.2) is 0 Å². The highest BCUT2D eigenvalue weighted by Crippen LogP contribution is 2.33. The van der Waals surface area contributed by atoms with E-state index in [-0.39, 0.29) is 5.54 Å². The fourth-order valence-corrected chi connectivity index (χ4v) is 2.52. The number of carbonyl (C=O) groups excluding carboxylic acids is 1. The Labute approximate surface area is 79.0 Å². The fourth-order valence-electron chi connectivity index (χ4n) is 2.52. The minimum Gasteiger partial charge on any atom is -0.381 e. The molecule has 2 heterocycles. The highest BCUT2D eigenvalue weighted by molar-refractivity contribution is 5.90. The maximum atomic E-state index is 11.8. The summed E-state index contributed by atoms with van der Waals surface area (Å²) in [5, 5.41) is 0. The van der Waals surface area contributed by atoms with E-state index < -0.39 is 0 Å². The standard InChI is InChI=1S/C10H17NO2/c1-11-6-3-9(12)10(11)4-2-7-13-8-5-10/h2-8H2,1H3. The summed E-state index contributed by atoms with van der Waals surface area (Å²) in [5.74, 6) is 0.431. The molecule has 2 aliphatic heterocycles. The molecule has 0 aromatic heterocycles. The maximum Gasteiger partial charge on any atom is 0.154 e. The Morgan fingerprint density at radius 3 is 2.92 bits per heavy atom. The zero-order valence-corrected chi connectivity index (χ0v) is 8.21. The minimum absolute atomic E-state index is 0.156. The Kier molecular flexibility index (Phi) is 2.39. The third kappa shape index (κ3) is 1.40. The summed E-state index contributed by atoms with van der Waals surface area (Å²) in [6.07, 6.45) is 3.64. The molecule has 2 saturated heterocycles. The van der Waals surface area contributed by atoms with E-state index in [0.717, 1.165) is 45.4 Å². The molecule has 0 aromatic rings. The molecule has 0 radical (unpaired) electrons. The van der Waals surface area contributed by atoms with Crippen LogP contribution in [0.3, 0.4) is 0 Å². The molecule has 3 nitrogen and oxygen atoms in total. The van der Waals surface area contributed by atoms with Gasteiger partial charge in [-0.05, 0) is 26.3 Å². The summed E-state index contributed by atoms with van der Waals surface area (Å²) in [4.78, 5) is 14.0. The molecule has 1 spiro atoms. The van der Waals surface area contributed by atoms with Gasteiger partial charge < -0.3 is 4.74 Å². The van der Waals surface area contributed by atoms with Crippen LogP contribution >= 0.6 is 0 Å². The second kappa shape index (κ2) is 3.39. The van der Waals surface area contributed by atoms with Crippen LogP contribution in [0.5, 0.6) is 0 Å². The predicted molar refractivity (Wildman–Crippen MR) is 49.7 cm³/mol. The van der Waals surface area contributed by atoms with Crippen LogP contribution in [0.25, 0.3) is 0 Å². The van der Waals surface area contributed by atoms with Gasteiger partial charge in [-0.3, -0.25) is 9.69 Å². The van der Waals surface area contributed by atoms with E-state index in [9.17, 15) is 4.79 Å². The van der Waals surface area contributed by atoms with Gasteiger partial charge in [0.1, 0.15) is 0 Å². The Hall–Kier alpha value is -0.410. The van der Waals surface area contributed by atoms with Crippen molar-refractivity contribution < 1.29 is 9.53 Å². The molecular weight excluding hydrogens is 166 g/mol. The lowest BCUT2D eigenvalue weighted by atomic mass is 9.87. The number of nitrogens with zero attached hydrogens (tertiary/aromatic N) is 1. The van der Waals surface area contributed by atoms with Crippen LogP contribution in [0.1, 0.15) is 25.7 Å². The van der Waals surface area contributed by atoms with Crippen molar-refractivity contribution in [2.24, 2.45) is 0 Å². The lowest BCUT2D eigenvalue weighted by Gasteiger charge is -2.32. The molecule has 0 N–H and O–H groups in total. The molecule has 1 unspecified atom stereocenters. The summed E-state index contributed by atoms with van der Waals surface area (Å²) in [5.41, 5.74) is -0.156. The smallest absolute Gasteiger partial charge is 0.154 e. The number of hydrogen-bond donors (Lipinski definition) is 0. The zero-order chi connectivity index (χ0) is 9.31.